The molecule has 0 N–H and O–H groups in total. The molecule has 4 aromatic carbocycles. The van der Waals surface area contributed by atoms with Gasteiger partial charge in [0.2, 0.25) is 21.6 Å². The van der Waals surface area contributed by atoms with E-state index in [9.17, 15) is 8.42 Å². The Kier molecular flexibility index (Phi) is 15.2. The molecule has 0 aliphatic carbocycles. The van der Waals surface area contributed by atoms with Crippen molar-refractivity contribution in [3.8, 4) is 74.0 Å². The molecule has 0 saturated heterocycles. The smallest absolute Gasteiger partial charge is 0.320 e. The summed E-state index contributed by atoms with van der Waals surface area (Å²) in [6.45, 7) is 2.46. The van der Waals surface area contributed by atoms with Gasteiger partial charge in [-0.15, -0.1) is 0 Å². The van der Waals surface area contributed by atoms with Gasteiger partial charge < -0.3 is 14.2 Å². The number of hydrogen-bond acceptors (Lipinski definition) is 11. The highest BCUT2D eigenvalue weighted by Gasteiger charge is 2.26. The Morgan fingerprint density at radius 3 is 1.42 bits per heavy atom. The molecule has 0 atom stereocenters. The minimum atomic E-state index is -3.78. The van der Waals surface area contributed by atoms with Crippen LogP contribution in [0.25, 0.3) is 44.8 Å². The third-order valence-corrected chi connectivity index (χ3v) is 11.3. The highest BCUT2D eigenvalue weighted by molar-refractivity contribution is 7.90. The van der Waals surface area contributed by atoms with E-state index in [1.807, 2.05) is 25.1 Å². The van der Waals surface area contributed by atoms with E-state index in [4.69, 9.17) is 83.8 Å². The molecule has 324 valence electrons. The monoisotopic (exact) mass is 990 g/mol. The van der Waals surface area contributed by atoms with Crippen molar-refractivity contribution < 1.29 is 22.6 Å². The van der Waals surface area contributed by atoms with Crippen LogP contribution in [-0.4, -0.2) is 51.2 Å². The van der Waals surface area contributed by atoms with Crippen LogP contribution in [0.2, 0.25) is 30.1 Å². The standard InChI is InChI=1S/C24H18Cl3N3O2.C22H14Cl3N3O3S/c1-2-12-31-24-29-22(19-10-9-17(26)13-20(19)27)21(15-5-7-16(25)8-6-15)23(30-24)32-18-4-3-11-28-14-18;1-32(29,30)22-27-20(17-9-8-15(24)11-18(17)25)19(13-4-6-14(23)7-5-13)21(28-22)31-16-3-2-10-26-12-16/h3-11,13-14H,2,12H2,1H3;2-12H,1H3. The van der Waals surface area contributed by atoms with Crippen molar-refractivity contribution in [1.82, 2.24) is 29.9 Å². The fourth-order valence-corrected chi connectivity index (χ4v) is 7.71. The van der Waals surface area contributed by atoms with Crippen LogP contribution in [0.1, 0.15) is 13.3 Å². The first kappa shape index (κ1) is 46.4. The maximum absolute atomic E-state index is 12.4. The third kappa shape index (κ3) is 11.6. The Hall–Kier alpha value is -5.57. The van der Waals surface area contributed by atoms with Crippen molar-refractivity contribution in [2.75, 3.05) is 12.9 Å². The summed E-state index contributed by atoms with van der Waals surface area (Å²) < 4.78 is 42.7. The van der Waals surface area contributed by atoms with Crippen molar-refractivity contribution >= 4 is 79.4 Å². The van der Waals surface area contributed by atoms with Gasteiger partial charge in [0.05, 0.1) is 51.6 Å². The van der Waals surface area contributed by atoms with E-state index in [1.54, 1.807) is 110 Å². The number of ether oxygens (including phenoxy) is 3. The quantitative estimate of drug-likeness (QED) is 0.108. The van der Waals surface area contributed by atoms with Crippen molar-refractivity contribution in [3.63, 3.8) is 0 Å². The van der Waals surface area contributed by atoms with Crippen LogP contribution in [0.15, 0.2) is 139 Å². The number of sulfone groups is 1. The lowest BCUT2D eigenvalue weighted by molar-refractivity contribution is 0.288. The van der Waals surface area contributed by atoms with Gasteiger partial charge >= 0.3 is 6.01 Å². The summed E-state index contributed by atoms with van der Waals surface area (Å²) in [6.07, 6.45) is 8.18. The number of aromatic nitrogens is 6. The molecule has 0 radical (unpaired) electrons. The van der Waals surface area contributed by atoms with Crippen molar-refractivity contribution in [2.24, 2.45) is 0 Å². The van der Waals surface area contributed by atoms with Gasteiger partial charge in [0.25, 0.3) is 5.16 Å². The second kappa shape index (κ2) is 21.0. The Bertz CT molecular complexity index is 3030. The number of pyridine rings is 2. The number of rotatable bonds is 12. The van der Waals surface area contributed by atoms with Gasteiger partial charge in [-0.1, -0.05) is 101 Å². The highest BCUT2D eigenvalue weighted by Crippen LogP contribution is 2.44. The molecule has 8 rings (SSSR count). The van der Waals surface area contributed by atoms with Crippen LogP contribution < -0.4 is 14.2 Å². The van der Waals surface area contributed by atoms with E-state index in [0.717, 1.165) is 18.2 Å². The second-order valence-corrected chi connectivity index (χ2v) is 18.0. The van der Waals surface area contributed by atoms with Crippen LogP contribution in [0, 0.1) is 0 Å². The molecule has 11 nitrogen and oxygen atoms in total. The first-order valence-electron chi connectivity index (χ1n) is 19.0. The fourth-order valence-electron chi connectivity index (χ4n) is 5.96. The molecule has 0 amide bonds. The molecule has 8 aromatic rings. The van der Waals surface area contributed by atoms with E-state index in [-0.39, 0.29) is 22.6 Å². The lowest BCUT2D eigenvalue weighted by Gasteiger charge is -2.17. The summed E-state index contributed by atoms with van der Waals surface area (Å²) >= 11 is 37.4. The van der Waals surface area contributed by atoms with E-state index >= 15 is 0 Å². The Balaban J connectivity index is 0.000000191. The summed E-state index contributed by atoms with van der Waals surface area (Å²) in [5.41, 5.74) is 4.47. The fraction of sp³-hybridized carbons (Fsp3) is 0.0870. The van der Waals surface area contributed by atoms with Gasteiger partial charge in [-0.3, -0.25) is 9.97 Å². The second-order valence-electron chi connectivity index (χ2n) is 13.5. The van der Waals surface area contributed by atoms with Gasteiger partial charge in [-0.25, -0.2) is 13.4 Å². The highest BCUT2D eigenvalue weighted by atomic mass is 35.5. The minimum Gasteiger partial charge on any atom is -0.463 e. The average Bonchev–Trinajstić information content (AvgIpc) is 3.27. The zero-order chi connectivity index (χ0) is 45.4. The molecule has 18 heteroatoms. The zero-order valence-electron chi connectivity index (χ0n) is 33.5. The van der Waals surface area contributed by atoms with Crippen molar-refractivity contribution in [3.05, 3.63) is 164 Å². The number of benzene rings is 4. The van der Waals surface area contributed by atoms with Gasteiger partial charge in [-0.2, -0.15) is 15.0 Å². The summed E-state index contributed by atoms with van der Waals surface area (Å²) in [5, 5.41) is 2.42. The van der Waals surface area contributed by atoms with Crippen LogP contribution in [-0.2, 0) is 9.84 Å². The SMILES string of the molecule is CCCOc1nc(Oc2cccnc2)c(-c2ccc(Cl)cc2)c(-c2ccc(Cl)cc2Cl)n1.CS(=O)(=O)c1nc(Oc2cccnc2)c(-c2ccc(Cl)cc2)c(-c2ccc(Cl)cc2Cl)n1. The van der Waals surface area contributed by atoms with Gasteiger partial charge in [0.15, 0.2) is 0 Å². The Morgan fingerprint density at radius 1 is 0.547 bits per heavy atom. The van der Waals surface area contributed by atoms with Crippen LogP contribution in [0.4, 0.5) is 0 Å². The molecule has 0 unspecified atom stereocenters. The van der Waals surface area contributed by atoms with Crippen molar-refractivity contribution in [2.45, 2.75) is 18.5 Å². The summed E-state index contributed by atoms with van der Waals surface area (Å²) in [7, 11) is -3.78. The predicted octanol–water partition coefficient (Wildman–Crippen LogP) is 14.1. The van der Waals surface area contributed by atoms with E-state index in [1.165, 1.54) is 6.20 Å². The molecule has 0 fully saturated rings. The average molecular weight is 994 g/mol. The first-order chi connectivity index (χ1) is 30.8. The molecule has 64 heavy (non-hydrogen) atoms. The predicted molar refractivity (Wildman–Crippen MR) is 253 cm³/mol. The summed E-state index contributed by atoms with van der Waals surface area (Å²) in [6, 6.07) is 31.4. The van der Waals surface area contributed by atoms with Gasteiger partial charge in [0.1, 0.15) is 11.5 Å². The molecular formula is C46H32Cl6N6O5S. The maximum Gasteiger partial charge on any atom is 0.320 e. The zero-order valence-corrected chi connectivity index (χ0v) is 38.9. The molecule has 4 aromatic heterocycles. The lowest BCUT2D eigenvalue weighted by Crippen LogP contribution is -2.08. The molecule has 4 heterocycles. The molecule has 0 aliphatic heterocycles. The van der Waals surface area contributed by atoms with Crippen molar-refractivity contribution in [1.29, 1.82) is 0 Å². The van der Waals surface area contributed by atoms with Gasteiger partial charge in [0, 0.05) is 49.9 Å². The molecule has 0 spiro atoms. The maximum atomic E-state index is 12.4. The first-order valence-corrected chi connectivity index (χ1v) is 23.2. The largest absolute Gasteiger partial charge is 0.463 e. The Morgan fingerprint density at radius 2 is 1.00 bits per heavy atom. The number of nitrogens with zero attached hydrogens (tertiary/aromatic N) is 6. The van der Waals surface area contributed by atoms with Gasteiger partial charge in [-0.05, 0) is 102 Å². The van der Waals surface area contributed by atoms with Crippen LogP contribution in [0.5, 0.6) is 29.3 Å². The molecular weight excluding hydrogens is 961 g/mol. The molecule has 0 saturated carbocycles. The molecule has 0 aliphatic rings. The van der Waals surface area contributed by atoms with Crippen LogP contribution in [0.3, 0.4) is 0 Å². The Labute approximate surface area is 398 Å². The number of hydrogen-bond donors (Lipinski definition) is 0. The van der Waals surface area contributed by atoms with E-state index in [2.05, 4.69) is 29.9 Å². The van der Waals surface area contributed by atoms with E-state index in [0.29, 0.717) is 82.6 Å². The summed E-state index contributed by atoms with van der Waals surface area (Å²) in [5.74, 6) is 1.23. The minimum absolute atomic E-state index is 0.0248. The van der Waals surface area contributed by atoms with E-state index < -0.39 is 15.0 Å². The van der Waals surface area contributed by atoms with Crippen LogP contribution >= 0.6 is 69.6 Å². The summed E-state index contributed by atoms with van der Waals surface area (Å²) in [4.78, 5) is 26.0. The number of halogens is 6. The third-order valence-electron chi connectivity index (χ3n) is 8.81. The lowest BCUT2D eigenvalue weighted by atomic mass is 10.00. The topological polar surface area (TPSA) is 139 Å². The normalized spacial score (nSPS) is 11.1. The molecule has 0 bridgehead atoms.